The molecule has 21 heavy (non-hydrogen) atoms. The third kappa shape index (κ3) is 2.59. The van der Waals surface area contributed by atoms with E-state index >= 15 is 0 Å². The van der Waals surface area contributed by atoms with Crippen LogP contribution in [0.2, 0.25) is 5.15 Å². The van der Waals surface area contributed by atoms with Crippen molar-refractivity contribution in [2.75, 3.05) is 0 Å². The minimum Gasteiger partial charge on any atom is -0.308 e. The van der Waals surface area contributed by atoms with Crippen LogP contribution in [0.1, 0.15) is 21.8 Å². The van der Waals surface area contributed by atoms with Gasteiger partial charge >= 0.3 is 0 Å². The molecular weight excluding hydrogens is 306 g/mol. The number of fused-ring (bicyclic) bond motifs is 1. The zero-order valence-corrected chi connectivity index (χ0v) is 13.5. The monoisotopic (exact) mass is 319 g/mol. The summed E-state index contributed by atoms with van der Waals surface area (Å²) >= 11 is 7.88. The van der Waals surface area contributed by atoms with Crippen molar-refractivity contribution in [1.29, 1.82) is 0 Å². The van der Waals surface area contributed by atoms with Crippen LogP contribution in [0, 0.1) is 20.8 Å². The van der Waals surface area contributed by atoms with Gasteiger partial charge in [0.1, 0.15) is 9.98 Å². The Morgan fingerprint density at radius 3 is 2.76 bits per heavy atom. The van der Waals surface area contributed by atoms with Gasteiger partial charge in [0.05, 0.1) is 11.9 Å². The van der Waals surface area contributed by atoms with E-state index in [0.29, 0.717) is 17.5 Å². The first-order valence-corrected chi connectivity index (χ1v) is 7.74. The minimum atomic E-state index is -0.0617. The Morgan fingerprint density at radius 1 is 1.29 bits per heavy atom. The van der Waals surface area contributed by atoms with Crippen LogP contribution in [0.4, 0.5) is 0 Å². The Bertz CT molecular complexity index is 898. The van der Waals surface area contributed by atoms with E-state index < -0.39 is 0 Å². The van der Waals surface area contributed by atoms with Crippen LogP contribution >= 0.6 is 22.9 Å². The summed E-state index contributed by atoms with van der Waals surface area (Å²) < 4.78 is 1.58. The van der Waals surface area contributed by atoms with Crippen molar-refractivity contribution in [2.24, 2.45) is 0 Å². The van der Waals surface area contributed by atoms with Crippen molar-refractivity contribution in [3.8, 4) is 0 Å². The maximum Gasteiger partial charge on any atom is 0.251 e. The highest BCUT2D eigenvalue weighted by atomic mass is 35.5. The summed E-state index contributed by atoms with van der Waals surface area (Å²) in [5, 5.41) is 1.37. The average molecular weight is 320 g/mol. The molecule has 0 N–H and O–H groups in total. The van der Waals surface area contributed by atoms with Gasteiger partial charge in [-0.05, 0) is 38.0 Å². The molecule has 0 aliphatic rings. The van der Waals surface area contributed by atoms with E-state index in [9.17, 15) is 4.79 Å². The van der Waals surface area contributed by atoms with Crippen molar-refractivity contribution < 1.29 is 0 Å². The fourth-order valence-corrected chi connectivity index (χ4v) is 3.64. The third-order valence-corrected chi connectivity index (χ3v) is 4.87. The molecule has 0 aliphatic carbocycles. The van der Waals surface area contributed by atoms with E-state index in [2.05, 4.69) is 9.97 Å². The second kappa shape index (κ2) is 5.24. The summed E-state index contributed by atoms with van der Waals surface area (Å²) in [5.74, 6) is 0.555. The number of rotatable bonds is 2. The molecule has 0 saturated carbocycles. The molecule has 108 valence electrons. The van der Waals surface area contributed by atoms with Crippen molar-refractivity contribution in [2.45, 2.75) is 27.3 Å². The number of nitrogens with zero attached hydrogens (tertiary/aromatic N) is 3. The molecule has 4 nitrogen and oxygen atoms in total. The molecule has 0 unspecified atom stereocenters. The van der Waals surface area contributed by atoms with E-state index in [-0.39, 0.29) is 5.56 Å². The Balaban J connectivity index is 2.07. The van der Waals surface area contributed by atoms with Gasteiger partial charge in [-0.1, -0.05) is 11.6 Å². The Morgan fingerprint density at radius 2 is 2.05 bits per heavy atom. The summed E-state index contributed by atoms with van der Waals surface area (Å²) in [6.45, 7) is 6.28. The van der Waals surface area contributed by atoms with E-state index in [1.165, 1.54) is 4.88 Å². The molecule has 3 rings (SSSR count). The molecule has 0 atom stereocenters. The Labute approximate surface area is 131 Å². The lowest BCUT2D eigenvalue weighted by molar-refractivity contribution is 0.717. The highest BCUT2D eigenvalue weighted by Gasteiger charge is 2.13. The standard InChI is InChI=1S/C15H14ClN3OS/c1-8-4-5-19(12(20)6-8)7-11-17-14(16)13-9(2)10(3)21-15(13)18-11/h4-6H,7H2,1-3H3. The maximum absolute atomic E-state index is 11.9. The van der Waals surface area contributed by atoms with Gasteiger partial charge in [0.2, 0.25) is 0 Å². The van der Waals surface area contributed by atoms with Crippen LogP contribution in [0.5, 0.6) is 0 Å². The van der Waals surface area contributed by atoms with E-state index in [4.69, 9.17) is 11.6 Å². The molecule has 0 amide bonds. The Hall–Kier alpha value is -1.72. The quantitative estimate of drug-likeness (QED) is 0.679. The highest BCUT2D eigenvalue weighted by molar-refractivity contribution is 7.18. The molecule has 3 heterocycles. The Kier molecular flexibility index (Phi) is 3.55. The van der Waals surface area contributed by atoms with Gasteiger partial charge in [0, 0.05) is 17.1 Å². The molecule has 0 fully saturated rings. The van der Waals surface area contributed by atoms with Gasteiger partial charge in [0.15, 0.2) is 5.82 Å². The van der Waals surface area contributed by atoms with Crippen LogP contribution in [0.25, 0.3) is 10.2 Å². The normalized spacial score (nSPS) is 11.2. The van der Waals surface area contributed by atoms with Gasteiger partial charge in [-0.25, -0.2) is 9.97 Å². The molecule has 0 bridgehead atoms. The molecule has 0 spiro atoms. The SMILES string of the molecule is Cc1ccn(Cc2nc(Cl)c3c(C)c(C)sc3n2)c(=O)c1. The lowest BCUT2D eigenvalue weighted by Crippen LogP contribution is -2.20. The van der Waals surface area contributed by atoms with E-state index in [0.717, 1.165) is 21.3 Å². The molecule has 3 aromatic heterocycles. The first-order chi connectivity index (χ1) is 9.95. The van der Waals surface area contributed by atoms with E-state index in [1.54, 1.807) is 28.2 Å². The number of hydrogen-bond donors (Lipinski definition) is 0. The van der Waals surface area contributed by atoms with Gasteiger partial charge in [-0.15, -0.1) is 11.3 Å². The lowest BCUT2D eigenvalue weighted by atomic mass is 10.2. The first kappa shape index (κ1) is 14.2. The second-order valence-corrected chi connectivity index (χ2v) is 6.63. The van der Waals surface area contributed by atoms with Crippen molar-refractivity contribution in [3.63, 3.8) is 0 Å². The fourth-order valence-electron chi connectivity index (χ4n) is 2.20. The van der Waals surface area contributed by atoms with Crippen molar-refractivity contribution in [1.82, 2.24) is 14.5 Å². The van der Waals surface area contributed by atoms with Crippen molar-refractivity contribution in [3.05, 3.63) is 55.7 Å². The smallest absolute Gasteiger partial charge is 0.251 e. The van der Waals surface area contributed by atoms with E-state index in [1.807, 2.05) is 26.8 Å². The van der Waals surface area contributed by atoms with Crippen LogP contribution in [0.15, 0.2) is 23.1 Å². The van der Waals surface area contributed by atoms with Crippen LogP contribution in [-0.2, 0) is 6.54 Å². The zero-order chi connectivity index (χ0) is 15.1. The topological polar surface area (TPSA) is 47.8 Å². The molecule has 0 saturated heterocycles. The molecule has 3 aromatic rings. The number of pyridine rings is 1. The molecular formula is C15H14ClN3OS. The number of aromatic nitrogens is 3. The van der Waals surface area contributed by atoms with Crippen LogP contribution in [-0.4, -0.2) is 14.5 Å². The summed E-state index contributed by atoms with van der Waals surface area (Å²) in [4.78, 5) is 22.9. The number of thiophene rings is 1. The predicted octanol–water partition coefficient (Wildman–Crippen LogP) is 3.48. The zero-order valence-electron chi connectivity index (χ0n) is 12.0. The second-order valence-electron chi connectivity index (χ2n) is 5.06. The van der Waals surface area contributed by atoms with Gasteiger partial charge in [0.25, 0.3) is 5.56 Å². The number of halogens is 1. The average Bonchev–Trinajstić information content (AvgIpc) is 2.69. The summed E-state index contributed by atoms with van der Waals surface area (Å²) in [6, 6.07) is 3.49. The molecule has 0 radical (unpaired) electrons. The lowest BCUT2D eigenvalue weighted by Gasteiger charge is -2.06. The molecule has 0 aromatic carbocycles. The van der Waals surface area contributed by atoms with Gasteiger partial charge < -0.3 is 4.57 Å². The van der Waals surface area contributed by atoms with Crippen LogP contribution < -0.4 is 5.56 Å². The predicted molar refractivity (Wildman–Crippen MR) is 86.4 cm³/mol. The van der Waals surface area contributed by atoms with Crippen molar-refractivity contribution >= 4 is 33.2 Å². The number of aryl methyl sites for hydroxylation is 3. The number of hydrogen-bond acceptors (Lipinski definition) is 4. The summed E-state index contributed by atoms with van der Waals surface area (Å²) in [5.41, 5.74) is 2.00. The summed E-state index contributed by atoms with van der Waals surface area (Å²) in [6.07, 6.45) is 1.75. The minimum absolute atomic E-state index is 0.0617. The first-order valence-electron chi connectivity index (χ1n) is 6.55. The molecule has 6 heteroatoms. The largest absolute Gasteiger partial charge is 0.308 e. The van der Waals surface area contributed by atoms with Crippen LogP contribution in [0.3, 0.4) is 0 Å². The third-order valence-electron chi connectivity index (χ3n) is 3.49. The van der Waals surface area contributed by atoms with Gasteiger partial charge in [-0.3, -0.25) is 4.79 Å². The highest BCUT2D eigenvalue weighted by Crippen LogP contribution is 2.32. The van der Waals surface area contributed by atoms with Gasteiger partial charge in [-0.2, -0.15) is 0 Å². The summed E-state index contributed by atoms with van der Waals surface area (Å²) in [7, 11) is 0. The fraction of sp³-hybridized carbons (Fsp3) is 0.267. The molecule has 0 aliphatic heterocycles. The maximum atomic E-state index is 11.9.